The highest BCUT2D eigenvalue weighted by molar-refractivity contribution is 5.80. The van der Waals surface area contributed by atoms with Crippen LogP contribution in [0.5, 0.6) is 11.5 Å². The van der Waals surface area contributed by atoms with Gasteiger partial charge in [0.1, 0.15) is 11.5 Å². The Bertz CT molecular complexity index is 710. The summed E-state index contributed by atoms with van der Waals surface area (Å²) in [6.45, 7) is 8.53. The van der Waals surface area contributed by atoms with Gasteiger partial charge in [-0.2, -0.15) is 0 Å². The van der Waals surface area contributed by atoms with Crippen molar-refractivity contribution in [2.45, 2.75) is 59.2 Å². The van der Waals surface area contributed by atoms with Gasteiger partial charge in [0.2, 0.25) is 0 Å². The third-order valence-corrected chi connectivity index (χ3v) is 4.26. The van der Waals surface area contributed by atoms with Crippen LogP contribution in [0, 0.1) is 0 Å². The van der Waals surface area contributed by atoms with Crippen LogP contribution in [-0.2, 0) is 17.6 Å². The van der Waals surface area contributed by atoms with E-state index in [1.165, 1.54) is 5.56 Å². The van der Waals surface area contributed by atoms with Crippen molar-refractivity contribution >= 4 is 5.91 Å². The molecule has 2 aromatic rings. The van der Waals surface area contributed by atoms with Crippen LogP contribution < -0.4 is 14.8 Å². The predicted octanol–water partition coefficient (Wildman–Crippen LogP) is 4.55. The standard InChI is InChI=1S/C23H31NO3/c1-5-20-10-6-7-11-22(20)27-18(4)23(25)24-16-8-9-19-12-14-21(15-13-19)26-17(2)3/h6-7,10-15,17-18H,5,8-9,16H2,1-4H3,(H,24,25). The molecule has 0 saturated carbocycles. The van der Waals surface area contributed by atoms with Gasteiger partial charge in [0.15, 0.2) is 6.10 Å². The lowest BCUT2D eigenvalue weighted by Gasteiger charge is -2.17. The van der Waals surface area contributed by atoms with Crippen LogP contribution >= 0.6 is 0 Å². The quantitative estimate of drug-likeness (QED) is 0.625. The molecule has 0 aliphatic rings. The maximum atomic E-state index is 12.3. The topological polar surface area (TPSA) is 47.6 Å². The van der Waals surface area contributed by atoms with Gasteiger partial charge in [0.05, 0.1) is 6.10 Å². The molecule has 27 heavy (non-hydrogen) atoms. The van der Waals surface area contributed by atoms with E-state index in [2.05, 4.69) is 24.4 Å². The number of benzene rings is 2. The van der Waals surface area contributed by atoms with Gasteiger partial charge < -0.3 is 14.8 Å². The molecule has 4 nitrogen and oxygen atoms in total. The number of para-hydroxylation sites is 1. The number of hydrogen-bond acceptors (Lipinski definition) is 3. The number of carbonyl (C=O) groups excluding carboxylic acids is 1. The summed E-state index contributed by atoms with van der Waals surface area (Å²) in [6.07, 6.45) is 2.35. The molecule has 0 aliphatic carbocycles. The lowest BCUT2D eigenvalue weighted by atomic mass is 10.1. The number of aryl methyl sites for hydroxylation is 2. The molecule has 146 valence electrons. The van der Waals surface area contributed by atoms with Gasteiger partial charge in [-0.3, -0.25) is 4.79 Å². The summed E-state index contributed by atoms with van der Waals surface area (Å²) in [5.41, 5.74) is 2.35. The first-order chi connectivity index (χ1) is 13.0. The van der Waals surface area contributed by atoms with E-state index in [1.54, 1.807) is 6.92 Å². The third-order valence-electron chi connectivity index (χ3n) is 4.26. The fourth-order valence-corrected chi connectivity index (χ4v) is 2.81. The van der Waals surface area contributed by atoms with E-state index in [9.17, 15) is 4.79 Å². The fourth-order valence-electron chi connectivity index (χ4n) is 2.81. The van der Waals surface area contributed by atoms with Crippen molar-refractivity contribution in [3.05, 3.63) is 59.7 Å². The highest BCUT2D eigenvalue weighted by Crippen LogP contribution is 2.19. The smallest absolute Gasteiger partial charge is 0.260 e. The van der Waals surface area contributed by atoms with Crippen LogP contribution in [-0.4, -0.2) is 24.7 Å². The van der Waals surface area contributed by atoms with Crippen molar-refractivity contribution in [1.29, 1.82) is 0 Å². The number of rotatable bonds is 10. The molecule has 2 rings (SSSR count). The van der Waals surface area contributed by atoms with Crippen LogP contribution in [0.2, 0.25) is 0 Å². The van der Waals surface area contributed by atoms with Crippen LogP contribution in [0.3, 0.4) is 0 Å². The van der Waals surface area contributed by atoms with E-state index < -0.39 is 6.10 Å². The van der Waals surface area contributed by atoms with Gasteiger partial charge >= 0.3 is 0 Å². The monoisotopic (exact) mass is 369 g/mol. The van der Waals surface area contributed by atoms with Crippen molar-refractivity contribution in [3.63, 3.8) is 0 Å². The summed E-state index contributed by atoms with van der Waals surface area (Å²) in [4.78, 5) is 12.3. The van der Waals surface area contributed by atoms with Gasteiger partial charge in [-0.1, -0.05) is 37.3 Å². The normalized spacial score (nSPS) is 11.9. The average molecular weight is 370 g/mol. The minimum absolute atomic E-state index is 0.0819. The van der Waals surface area contributed by atoms with Gasteiger partial charge in [-0.05, 0) is 69.4 Å². The van der Waals surface area contributed by atoms with Crippen molar-refractivity contribution < 1.29 is 14.3 Å². The van der Waals surface area contributed by atoms with Crippen LogP contribution in [0.4, 0.5) is 0 Å². The van der Waals surface area contributed by atoms with E-state index in [0.717, 1.165) is 36.3 Å². The molecule has 0 radical (unpaired) electrons. The van der Waals surface area contributed by atoms with Crippen molar-refractivity contribution in [1.82, 2.24) is 5.32 Å². The summed E-state index contributed by atoms with van der Waals surface area (Å²) >= 11 is 0. The third kappa shape index (κ3) is 6.97. The Morgan fingerprint density at radius 2 is 1.70 bits per heavy atom. The Balaban J connectivity index is 1.72. The molecule has 1 atom stereocenters. The average Bonchev–Trinajstić information content (AvgIpc) is 2.66. The van der Waals surface area contributed by atoms with Crippen LogP contribution in [0.25, 0.3) is 0 Å². The Labute approximate surface area is 162 Å². The number of ether oxygens (including phenoxy) is 2. The first kappa shape index (κ1) is 20.8. The Hall–Kier alpha value is -2.49. The second-order valence-corrected chi connectivity index (χ2v) is 6.93. The first-order valence-electron chi connectivity index (χ1n) is 9.77. The van der Waals surface area contributed by atoms with E-state index in [0.29, 0.717) is 6.54 Å². The molecule has 1 amide bonds. The number of amides is 1. The molecule has 0 spiro atoms. The van der Waals surface area contributed by atoms with Gasteiger partial charge in [-0.25, -0.2) is 0 Å². The maximum absolute atomic E-state index is 12.3. The molecule has 0 aliphatic heterocycles. The number of hydrogen-bond donors (Lipinski definition) is 1. The Morgan fingerprint density at radius 3 is 2.37 bits per heavy atom. The molecule has 0 bridgehead atoms. The largest absolute Gasteiger partial charge is 0.491 e. The molecule has 1 unspecified atom stereocenters. The zero-order valence-corrected chi connectivity index (χ0v) is 16.8. The Kier molecular flexibility index (Phi) is 8.18. The van der Waals surface area contributed by atoms with E-state index >= 15 is 0 Å². The van der Waals surface area contributed by atoms with Crippen LogP contribution in [0.15, 0.2) is 48.5 Å². The van der Waals surface area contributed by atoms with Crippen LogP contribution in [0.1, 0.15) is 45.2 Å². The lowest BCUT2D eigenvalue weighted by Crippen LogP contribution is -2.37. The van der Waals surface area contributed by atoms with Crippen molar-refractivity contribution in [2.75, 3.05) is 6.54 Å². The second-order valence-electron chi connectivity index (χ2n) is 6.93. The zero-order chi connectivity index (χ0) is 19.6. The summed E-state index contributed by atoms with van der Waals surface area (Å²) in [7, 11) is 0. The van der Waals surface area contributed by atoms with E-state index in [4.69, 9.17) is 9.47 Å². The van der Waals surface area contributed by atoms with E-state index in [-0.39, 0.29) is 12.0 Å². The molecule has 0 saturated heterocycles. The highest BCUT2D eigenvalue weighted by atomic mass is 16.5. The Morgan fingerprint density at radius 1 is 1.00 bits per heavy atom. The summed E-state index contributed by atoms with van der Waals surface area (Å²) in [6, 6.07) is 16.0. The zero-order valence-electron chi connectivity index (χ0n) is 16.8. The number of carbonyl (C=O) groups is 1. The molecule has 0 fully saturated rings. The van der Waals surface area contributed by atoms with Crippen molar-refractivity contribution in [2.24, 2.45) is 0 Å². The molecular formula is C23H31NO3. The molecule has 0 aromatic heterocycles. The molecule has 1 N–H and O–H groups in total. The minimum atomic E-state index is -0.509. The second kappa shape index (κ2) is 10.6. The maximum Gasteiger partial charge on any atom is 0.260 e. The molecule has 4 heteroatoms. The summed E-state index contributed by atoms with van der Waals surface area (Å²) in [5, 5.41) is 2.96. The number of nitrogens with one attached hydrogen (secondary N) is 1. The predicted molar refractivity (Wildman–Crippen MR) is 109 cm³/mol. The van der Waals surface area contributed by atoms with E-state index in [1.807, 2.05) is 50.2 Å². The molecule has 2 aromatic carbocycles. The summed E-state index contributed by atoms with van der Waals surface area (Å²) in [5.74, 6) is 1.59. The first-order valence-corrected chi connectivity index (χ1v) is 9.77. The van der Waals surface area contributed by atoms with Crippen molar-refractivity contribution in [3.8, 4) is 11.5 Å². The van der Waals surface area contributed by atoms with Gasteiger partial charge in [0.25, 0.3) is 5.91 Å². The fraction of sp³-hybridized carbons (Fsp3) is 0.435. The van der Waals surface area contributed by atoms with Gasteiger partial charge in [-0.15, -0.1) is 0 Å². The molecule has 0 heterocycles. The highest BCUT2D eigenvalue weighted by Gasteiger charge is 2.15. The molecular weight excluding hydrogens is 338 g/mol. The minimum Gasteiger partial charge on any atom is -0.491 e. The SMILES string of the molecule is CCc1ccccc1OC(C)C(=O)NCCCc1ccc(OC(C)C)cc1. The summed E-state index contributed by atoms with van der Waals surface area (Å²) < 4.78 is 11.5. The lowest BCUT2D eigenvalue weighted by molar-refractivity contribution is -0.127. The van der Waals surface area contributed by atoms with Gasteiger partial charge in [0, 0.05) is 6.54 Å².